The molecule has 19 heavy (non-hydrogen) atoms. The van der Waals surface area contributed by atoms with Gasteiger partial charge in [0.1, 0.15) is 5.82 Å². The number of anilines is 2. The van der Waals surface area contributed by atoms with E-state index in [1.165, 1.54) is 36.3 Å². The molecule has 0 fully saturated rings. The molecule has 1 aromatic carbocycles. The monoisotopic (exact) mass is 278 g/mol. The number of halogens is 1. The van der Waals surface area contributed by atoms with Crippen LogP contribution in [0.2, 0.25) is 0 Å². The minimum absolute atomic E-state index is 0.126. The summed E-state index contributed by atoms with van der Waals surface area (Å²) in [6.45, 7) is 0. The molecule has 3 N–H and O–H groups in total. The fraction of sp³-hybridized carbons (Fsp3) is 0.0833. The molecule has 0 bridgehead atoms. The Bertz CT molecular complexity index is 559. The van der Waals surface area contributed by atoms with E-state index in [1.807, 2.05) is 0 Å². The topological polar surface area (TPSA) is 80.9 Å². The lowest BCUT2D eigenvalue weighted by molar-refractivity contribution is -0.113. The molecule has 98 valence electrons. The van der Waals surface area contributed by atoms with Crippen molar-refractivity contribution in [3.63, 3.8) is 0 Å². The molecule has 2 aromatic rings. The Labute approximate surface area is 113 Å². The van der Waals surface area contributed by atoms with Crippen molar-refractivity contribution in [2.45, 2.75) is 4.90 Å². The summed E-state index contributed by atoms with van der Waals surface area (Å²) in [6, 6.07) is 5.81. The van der Waals surface area contributed by atoms with Crippen LogP contribution in [0.1, 0.15) is 0 Å². The van der Waals surface area contributed by atoms with Gasteiger partial charge in [-0.2, -0.15) is 0 Å². The smallest absolute Gasteiger partial charge is 0.237 e. The summed E-state index contributed by atoms with van der Waals surface area (Å²) in [5.74, 6) is -0.318. The highest BCUT2D eigenvalue weighted by Crippen LogP contribution is 2.22. The van der Waals surface area contributed by atoms with Crippen LogP contribution in [0, 0.1) is 5.82 Å². The summed E-state index contributed by atoms with van der Waals surface area (Å²) in [7, 11) is 0. The van der Waals surface area contributed by atoms with Crippen molar-refractivity contribution in [1.82, 2.24) is 9.97 Å². The predicted molar refractivity (Wildman–Crippen MR) is 72.2 cm³/mol. The average Bonchev–Trinajstić information content (AvgIpc) is 2.36. The van der Waals surface area contributed by atoms with Gasteiger partial charge in [0, 0.05) is 23.0 Å². The van der Waals surface area contributed by atoms with Gasteiger partial charge in [-0.05, 0) is 24.3 Å². The van der Waals surface area contributed by atoms with E-state index in [0.717, 1.165) is 0 Å². The standard InChI is InChI=1S/C12H11FN4OS/c13-8-4-9(14)6-10(5-8)19-7-11(18)17-12-15-2-1-3-16-12/h1-6H,7,14H2,(H,15,16,17,18). The molecule has 0 radical (unpaired) electrons. The molecule has 2 rings (SSSR count). The number of hydrogen-bond donors (Lipinski definition) is 2. The Morgan fingerprint density at radius 2 is 2.05 bits per heavy atom. The van der Waals surface area contributed by atoms with Gasteiger partial charge in [0.25, 0.3) is 0 Å². The van der Waals surface area contributed by atoms with Crippen LogP contribution < -0.4 is 11.1 Å². The highest BCUT2D eigenvalue weighted by atomic mass is 32.2. The number of aromatic nitrogens is 2. The van der Waals surface area contributed by atoms with Gasteiger partial charge in [-0.3, -0.25) is 10.1 Å². The molecule has 0 unspecified atom stereocenters. The molecule has 0 aliphatic rings. The first-order valence-corrected chi connectivity index (χ1v) is 6.38. The highest BCUT2D eigenvalue weighted by molar-refractivity contribution is 8.00. The van der Waals surface area contributed by atoms with E-state index in [2.05, 4.69) is 15.3 Å². The van der Waals surface area contributed by atoms with Crippen molar-refractivity contribution < 1.29 is 9.18 Å². The Morgan fingerprint density at radius 1 is 1.32 bits per heavy atom. The molecular formula is C12H11FN4OS. The third kappa shape index (κ3) is 4.22. The van der Waals surface area contributed by atoms with Gasteiger partial charge in [0.15, 0.2) is 0 Å². The van der Waals surface area contributed by atoms with Crippen LogP contribution in [0.5, 0.6) is 0 Å². The van der Waals surface area contributed by atoms with E-state index in [0.29, 0.717) is 10.6 Å². The van der Waals surface area contributed by atoms with Crippen LogP contribution in [0.3, 0.4) is 0 Å². The maximum atomic E-state index is 13.1. The van der Waals surface area contributed by atoms with Crippen molar-refractivity contribution in [3.05, 3.63) is 42.5 Å². The van der Waals surface area contributed by atoms with E-state index in [4.69, 9.17) is 5.73 Å². The zero-order valence-electron chi connectivity index (χ0n) is 9.84. The first kappa shape index (κ1) is 13.3. The number of rotatable bonds is 4. The number of benzene rings is 1. The number of carbonyl (C=O) groups is 1. The Hall–Kier alpha value is -2.15. The minimum Gasteiger partial charge on any atom is -0.399 e. The maximum Gasteiger partial charge on any atom is 0.237 e. The molecule has 0 saturated heterocycles. The highest BCUT2D eigenvalue weighted by Gasteiger charge is 2.06. The SMILES string of the molecule is Nc1cc(F)cc(SCC(=O)Nc2ncccn2)c1. The second-order valence-corrected chi connectivity index (χ2v) is 4.68. The Morgan fingerprint density at radius 3 is 2.74 bits per heavy atom. The molecule has 0 saturated carbocycles. The molecule has 0 atom stereocenters. The summed E-state index contributed by atoms with van der Waals surface area (Å²) in [4.78, 5) is 20.0. The number of nitrogen functional groups attached to an aromatic ring is 1. The summed E-state index contributed by atoms with van der Waals surface area (Å²) < 4.78 is 13.1. The maximum absolute atomic E-state index is 13.1. The van der Waals surface area contributed by atoms with Gasteiger partial charge in [-0.15, -0.1) is 11.8 Å². The average molecular weight is 278 g/mol. The van der Waals surface area contributed by atoms with Crippen LogP contribution in [-0.2, 0) is 4.79 Å². The van der Waals surface area contributed by atoms with E-state index < -0.39 is 5.82 Å². The van der Waals surface area contributed by atoms with E-state index in [9.17, 15) is 9.18 Å². The van der Waals surface area contributed by atoms with Crippen molar-refractivity contribution in [3.8, 4) is 0 Å². The molecule has 1 aromatic heterocycles. The zero-order valence-corrected chi connectivity index (χ0v) is 10.7. The predicted octanol–water partition coefficient (Wildman–Crippen LogP) is 1.93. The van der Waals surface area contributed by atoms with Gasteiger partial charge >= 0.3 is 0 Å². The number of thioether (sulfide) groups is 1. The molecule has 1 heterocycles. The quantitative estimate of drug-likeness (QED) is 0.659. The second kappa shape index (κ2) is 6.14. The third-order valence-electron chi connectivity index (χ3n) is 2.08. The summed E-state index contributed by atoms with van der Waals surface area (Å²) in [5, 5.41) is 2.53. The van der Waals surface area contributed by atoms with Gasteiger partial charge in [0.2, 0.25) is 11.9 Å². The van der Waals surface area contributed by atoms with Crippen LogP contribution in [-0.4, -0.2) is 21.6 Å². The summed E-state index contributed by atoms with van der Waals surface area (Å²) >= 11 is 1.19. The van der Waals surface area contributed by atoms with Crippen LogP contribution in [0.25, 0.3) is 0 Å². The number of carbonyl (C=O) groups excluding carboxylic acids is 1. The summed E-state index contributed by atoms with van der Waals surface area (Å²) in [5.41, 5.74) is 5.84. The minimum atomic E-state index is -0.422. The largest absolute Gasteiger partial charge is 0.399 e. The third-order valence-corrected chi connectivity index (χ3v) is 3.06. The Kier molecular flexibility index (Phi) is 4.30. The van der Waals surface area contributed by atoms with E-state index in [-0.39, 0.29) is 17.6 Å². The van der Waals surface area contributed by atoms with Crippen LogP contribution in [0.15, 0.2) is 41.6 Å². The Balaban J connectivity index is 1.90. The number of hydrogen-bond acceptors (Lipinski definition) is 5. The zero-order chi connectivity index (χ0) is 13.7. The first-order valence-electron chi connectivity index (χ1n) is 5.39. The van der Waals surface area contributed by atoms with E-state index >= 15 is 0 Å². The van der Waals surface area contributed by atoms with Gasteiger partial charge < -0.3 is 5.73 Å². The normalized spacial score (nSPS) is 10.2. The van der Waals surface area contributed by atoms with Gasteiger partial charge in [-0.1, -0.05) is 0 Å². The molecule has 0 aliphatic heterocycles. The lowest BCUT2D eigenvalue weighted by Crippen LogP contribution is -2.15. The first-order chi connectivity index (χ1) is 9.13. The molecule has 0 spiro atoms. The lowest BCUT2D eigenvalue weighted by Gasteiger charge is -2.04. The lowest BCUT2D eigenvalue weighted by atomic mass is 10.3. The van der Waals surface area contributed by atoms with Crippen molar-refractivity contribution in [1.29, 1.82) is 0 Å². The number of nitrogens with two attached hydrogens (primary N) is 1. The number of nitrogens with one attached hydrogen (secondary N) is 1. The number of nitrogens with zero attached hydrogens (tertiary/aromatic N) is 2. The molecule has 5 nitrogen and oxygen atoms in total. The second-order valence-electron chi connectivity index (χ2n) is 3.63. The van der Waals surface area contributed by atoms with Crippen molar-refractivity contribution >= 4 is 29.3 Å². The van der Waals surface area contributed by atoms with E-state index in [1.54, 1.807) is 12.1 Å². The fourth-order valence-corrected chi connectivity index (χ4v) is 2.13. The fourth-order valence-electron chi connectivity index (χ4n) is 1.34. The molecular weight excluding hydrogens is 267 g/mol. The van der Waals surface area contributed by atoms with Crippen LogP contribution in [0.4, 0.5) is 16.0 Å². The van der Waals surface area contributed by atoms with Gasteiger partial charge in [0.05, 0.1) is 5.75 Å². The van der Waals surface area contributed by atoms with Gasteiger partial charge in [-0.25, -0.2) is 14.4 Å². The number of amides is 1. The summed E-state index contributed by atoms with van der Waals surface area (Å²) in [6.07, 6.45) is 3.06. The van der Waals surface area contributed by atoms with Crippen molar-refractivity contribution in [2.75, 3.05) is 16.8 Å². The van der Waals surface area contributed by atoms with Crippen LogP contribution >= 0.6 is 11.8 Å². The molecule has 1 amide bonds. The molecule has 7 heteroatoms. The van der Waals surface area contributed by atoms with Crippen molar-refractivity contribution in [2.24, 2.45) is 0 Å². The molecule has 0 aliphatic carbocycles.